The molecular weight excluding hydrogens is 401 g/mol. The topological polar surface area (TPSA) is 97.4 Å². The molecule has 0 fully saturated rings. The molecule has 9 heteroatoms. The van der Waals surface area contributed by atoms with E-state index < -0.39 is 5.97 Å². The zero-order valence-electron chi connectivity index (χ0n) is 15.5. The first kappa shape index (κ1) is 19.4. The van der Waals surface area contributed by atoms with E-state index in [1.807, 2.05) is 0 Å². The van der Waals surface area contributed by atoms with Crippen molar-refractivity contribution in [3.63, 3.8) is 0 Å². The van der Waals surface area contributed by atoms with Crippen molar-refractivity contribution in [3.8, 4) is 0 Å². The van der Waals surface area contributed by atoms with Crippen molar-refractivity contribution in [2.45, 2.75) is 44.7 Å². The van der Waals surface area contributed by atoms with Crippen molar-refractivity contribution < 1.29 is 23.6 Å². The molecule has 0 unspecified atom stereocenters. The SMILES string of the molecule is O=C(O)Cn1c2c(c3cc(F)ccc31)C[C@@H](NC(=O)CCc1cc(Cl)no1)CC2. The highest BCUT2D eigenvalue weighted by molar-refractivity contribution is 6.29. The van der Waals surface area contributed by atoms with Crippen LogP contribution in [0.1, 0.15) is 29.9 Å². The fourth-order valence-electron chi connectivity index (χ4n) is 4.00. The summed E-state index contributed by atoms with van der Waals surface area (Å²) in [4.78, 5) is 23.6. The Morgan fingerprint density at radius 2 is 2.21 bits per heavy atom. The smallest absolute Gasteiger partial charge is 0.323 e. The molecule has 0 aliphatic heterocycles. The third kappa shape index (κ3) is 4.12. The lowest BCUT2D eigenvalue weighted by atomic mass is 9.91. The number of carboxylic acids is 1. The van der Waals surface area contributed by atoms with Crippen LogP contribution in [0, 0.1) is 5.82 Å². The monoisotopic (exact) mass is 419 g/mol. The van der Waals surface area contributed by atoms with Crippen molar-refractivity contribution in [2.24, 2.45) is 0 Å². The van der Waals surface area contributed by atoms with Crippen LogP contribution in [-0.4, -0.2) is 32.7 Å². The summed E-state index contributed by atoms with van der Waals surface area (Å²) in [5.41, 5.74) is 2.50. The second kappa shape index (κ2) is 7.87. The fourth-order valence-corrected chi connectivity index (χ4v) is 4.16. The van der Waals surface area contributed by atoms with Crippen LogP contribution in [0.2, 0.25) is 5.15 Å². The number of aromatic nitrogens is 2. The van der Waals surface area contributed by atoms with Crippen LogP contribution in [0.15, 0.2) is 28.8 Å². The third-order valence-electron chi connectivity index (χ3n) is 5.22. The van der Waals surface area contributed by atoms with Crippen LogP contribution >= 0.6 is 11.6 Å². The Labute approximate surface area is 170 Å². The number of aryl methyl sites for hydroxylation is 1. The van der Waals surface area contributed by atoms with Crippen molar-refractivity contribution in [2.75, 3.05) is 0 Å². The molecule has 0 saturated carbocycles. The molecule has 2 N–H and O–H groups in total. The van der Waals surface area contributed by atoms with E-state index in [1.165, 1.54) is 12.1 Å². The maximum Gasteiger partial charge on any atom is 0.323 e. The Bertz CT molecular complexity index is 1090. The summed E-state index contributed by atoms with van der Waals surface area (Å²) >= 11 is 5.70. The predicted molar refractivity (Wildman–Crippen MR) is 103 cm³/mol. The summed E-state index contributed by atoms with van der Waals surface area (Å²) in [5, 5.41) is 16.8. The van der Waals surface area contributed by atoms with Crippen LogP contribution in [0.4, 0.5) is 4.39 Å². The molecule has 1 aromatic carbocycles. The molecule has 7 nitrogen and oxygen atoms in total. The number of amides is 1. The van der Waals surface area contributed by atoms with Gasteiger partial charge in [-0.25, -0.2) is 4.39 Å². The number of rotatable bonds is 6. The molecule has 1 amide bonds. The van der Waals surface area contributed by atoms with Crippen molar-refractivity contribution in [1.29, 1.82) is 0 Å². The van der Waals surface area contributed by atoms with E-state index in [9.17, 15) is 19.1 Å². The number of halogens is 2. The predicted octanol–water partition coefficient (Wildman–Crippen LogP) is 3.11. The molecule has 4 rings (SSSR count). The van der Waals surface area contributed by atoms with Gasteiger partial charge in [-0.3, -0.25) is 9.59 Å². The highest BCUT2D eigenvalue weighted by atomic mass is 35.5. The minimum absolute atomic E-state index is 0.0968. The van der Waals surface area contributed by atoms with Crippen molar-refractivity contribution in [3.05, 3.63) is 52.3 Å². The number of benzene rings is 1. The molecule has 2 heterocycles. The lowest BCUT2D eigenvalue weighted by molar-refractivity contribution is -0.137. The van der Waals surface area contributed by atoms with E-state index in [-0.39, 0.29) is 35.9 Å². The van der Waals surface area contributed by atoms with Crippen LogP contribution in [0.5, 0.6) is 0 Å². The molecule has 29 heavy (non-hydrogen) atoms. The number of aliphatic carboxylic acids is 1. The van der Waals surface area contributed by atoms with E-state index in [4.69, 9.17) is 16.1 Å². The standard InChI is InChI=1S/C20H19ClFN3O4/c21-18-9-13(29-24-18)3-6-19(26)23-12-2-5-17-15(8-12)14-7-11(22)1-4-16(14)25(17)10-20(27)28/h1,4,7,9,12H,2-3,5-6,8,10H2,(H,23,26)(H,27,28)/t12-/m0/s1. The first-order chi connectivity index (χ1) is 13.9. The van der Waals surface area contributed by atoms with Gasteiger partial charge in [0.25, 0.3) is 0 Å². The number of hydrogen-bond acceptors (Lipinski definition) is 4. The summed E-state index contributed by atoms with van der Waals surface area (Å²) in [6.45, 7) is -0.172. The van der Waals surface area contributed by atoms with Crippen LogP contribution in [0.25, 0.3) is 10.9 Å². The van der Waals surface area contributed by atoms with Crippen LogP contribution in [-0.2, 0) is 35.4 Å². The minimum Gasteiger partial charge on any atom is -0.480 e. The zero-order valence-corrected chi connectivity index (χ0v) is 16.2. The Balaban J connectivity index is 1.50. The number of carbonyl (C=O) groups excluding carboxylic acids is 1. The average Bonchev–Trinajstić information content (AvgIpc) is 3.21. The number of fused-ring (bicyclic) bond motifs is 3. The van der Waals surface area contributed by atoms with Gasteiger partial charge in [0.1, 0.15) is 18.1 Å². The van der Waals surface area contributed by atoms with E-state index >= 15 is 0 Å². The summed E-state index contributed by atoms with van der Waals surface area (Å²) in [6.07, 6.45) is 2.46. The quantitative estimate of drug-likeness (QED) is 0.639. The molecule has 3 aromatic rings. The summed E-state index contributed by atoms with van der Waals surface area (Å²) in [6, 6.07) is 5.86. The van der Waals surface area contributed by atoms with Crippen molar-refractivity contribution in [1.82, 2.24) is 15.0 Å². The number of nitrogens with one attached hydrogen (secondary N) is 1. The molecule has 152 valence electrons. The van der Waals surface area contributed by atoms with Gasteiger partial charge >= 0.3 is 5.97 Å². The molecule has 0 spiro atoms. The van der Waals surface area contributed by atoms with Gasteiger partial charge in [-0.2, -0.15) is 0 Å². The zero-order chi connectivity index (χ0) is 20.5. The molecule has 0 bridgehead atoms. The van der Waals surface area contributed by atoms with Gasteiger partial charge in [0.2, 0.25) is 5.91 Å². The number of carboxylic acid groups (broad SMARTS) is 1. The van der Waals surface area contributed by atoms with Gasteiger partial charge in [-0.15, -0.1) is 0 Å². The average molecular weight is 420 g/mol. The maximum absolute atomic E-state index is 13.8. The second-order valence-electron chi connectivity index (χ2n) is 7.19. The van der Waals surface area contributed by atoms with Gasteiger partial charge in [-0.05, 0) is 43.0 Å². The van der Waals surface area contributed by atoms with Crippen LogP contribution in [0.3, 0.4) is 0 Å². The number of nitrogens with zero attached hydrogens (tertiary/aromatic N) is 2. The lowest BCUT2D eigenvalue weighted by Gasteiger charge is -2.25. The molecule has 1 atom stereocenters. The van der Waals surface area contributed by atoms with E-state index in [0.29, 0.717) is 42.3 Å². The molecule has 1 aliphatic rings. The highest BCUT2D eigenvalue weighted by Crippen LogP contribution is 2.33. The first-order valence-electron chi connectivity index (χ1n) is 9.32. The summed E-state index contributed by atoms with van der Waals surface area (Å²) < 4.78 is 20.6. The summed E-state index contributed by atoms with van der Waals surface area (Å²) in [5.74, 6) is -0.892. The van der Waals surface area contributed by atoms with E-state index in [0.717, 1.165) is 11.3 Å². The van der Waals surface area contributed by atoms with Gasteiger partial charge < -0.3 is 19.5 Å². The highest BCUT2D eigenvalue weighted by Gasteiger charge is 2.27. The molecule has 0 saturated heterocycles. The molecular formula is C20H19ClFN3O4. The largest absolute Gasteiger partial charge is 0.480 e. The molecule has 0 radical (unpaired) electrons. The Morgan fingerprint density at radius 3 is 2.93 bits per heavy atom. The Hall–Kier alpha value is -2.87. The van der Waals surface area contributed by atoms with Gasteiger partial charge in [0.15, 0.2) is 5.15 Å². The van der Waals surface area contributed by atoms with Gasteiger partial charge in [0, 0.05) is 41.5 Å². The molecule has 2 aromatic heterocycles. The normalized spacial score (nSPS) is 16.0. The van der Waals surface area contributed by atoms with Crippen LogP contribution < -0.4 is 5.32 Å². The fraction of sp³-hybridized carbons (Fsp3) is 0.350. The Kier molecular flexibility index (Phi) is 5.27. The Morgan fingerprint density at radius 1 is 1.38 bits per heavy atom. The lowest BCUT2D eigenvalue weighted by Crippen LogP contribution is -2.39. The van der Waals surface area contributed by atoms with E-state index in [2.05, 4.69) is 10.5 Å². The summed E-state index contributed by atoms with van der Waals surface area (Å²) in [7, 11) is 0. The first-order valence-corrected chi connectivity index (χ1v) is 9.70. The second-order valence-corrected chi connectivity index (χ2v) is 7.58. The third-order valence-corrected chi connectivity index (χ3v) is 5.39. The minimum atomic E-state index is -0.947. The maximum atomic E-state index is 13.8. The van der Waals surface area contributed by atoms with Crippen molar-refractivity contribution >= 4 is 34.4 Å². The van der Waals surface area contributed by atoms with E-state index in [1.54, 1.807) is 16.7 Å². The number of carbonyl (C=O) groups is 2. The molecule has 1 aliphatic carbocycles. The number of hydrogen-bond donors (Lipinski definition) is 2. The van der Waals surface area contributed by atoms with Gasteiger partial charge in [-0.1, -0.05) is 16.8 Å². The van der Waals surface area contributed by atoms with Gasteiger partial charge in [0.05, 0.1) is 0 Å².